The van der Waals surface area contributed by atoms with Crippen molar-refractivity contribution in [2.24, 2.45) is 0 Å². The van der Waals surface area contributed by atoms with Crippen LogP contribution in [0.25, 0.3) is 0 Å². The average molecular weight is 380 g/mol. The molecule has 2 aromatic rings. The Hall–Kier alpha value is -2.60. The second kappa shape index (κ2) is 7.98. The van der Waals surface area contributed by atoms with Crippen LogP contribution in [0.3, 0.4) is 0 Å². The van der Waals surface area contributed by atoms with Gasteiger partial charge in [-0.25, -0.2) is 13.1 Å². The van der Waals surface area contributed by atoms with Gasteiger partial charge < -0.3 is 10.1 Å². The van der Waals surface area contributed by atoms with Crippen molar-refractivity contribution >= 4 is 33.2 Å². The zero-order valence-electron chi connectivity index (χ0n) is 13.1. The molecule has 0 aromatic heterocycles. The number of hydrogen-bond acceptors (Lipinski definition) is 5. The van der Waals surface area contributed by atoms with Crippen LogP contribution in [-0.4, -0.2) is 28.0 Å². The molecule has 0 aliphatic heterocycles. The molecule has 0 radical (unpaired) electrons. The van der Waals surface area contributed by atoms with Crippen LogP contribution >= 0.6 is 11.6 Å². The molecular weight excluding hydrogens is 366 g/mol. The van der Waals surface area contributed by atoms with Crippen molar-refractivity contribution in [2.45, 2.75) is 4.90 Å². The molecule has 1 amide bonds. The highest BCUT2D eigenvalue weighted by atomic mass is 35.5. The van der Waals surface area contributed by atoms with Gasteiger partial charge in [0.1, 0.15) is 11.8 Å². The van der Waals surface area contributed by atoms with Crippen LogP contribution in [0.15, 0.2) is 47.4 Å². The number of halogens is 1. The second-order valence-corrected chi connectivity index (χ2v) is 6.97. The summed E-state index contributed by atoms with van der Waals surface area (Å²) >= 11 is 5.96. The maximum atomic E-state index is 12.2. The number of benzene rings is 2. The third-order valence-electron chi connectivity index (χ3n) is 3.16. The van der Waals surface area contributed by atoms with Crippen molar-refractivity contribution in [2.75, 3.05) is 19.0 Å². The molecule has 0 aliphatic carbocycles. The first kappa shape index (κ1) is 18.7. The van der Waals surface area contributed by atoms with Crippen LogP contribution in [0, 0.1) is 11.3 Å². The van der Waals surface area contributed by atoms with E-state index >= 15 is 0 Å². The van der Waals surface area contributed by atoms with Gasteiger partial charge in [-0.3, -0.25) is 4.79 Å². The Kier molecular flexibility index (Phi) is 5.98. The average Bonchev–Trinajstić information content (AvgIpc) is 2.60. The van der Waals surface area contributed by atoms with Gasteiger partial charge in [-0.1, -0.05) is 23.7 Å². The molecule has 0 unspecified atom stereocenters. The Bertz CT molecular complexity index is 939. The van der Waals surface area contributed by atoms with Gasteiger partial charge in [-0.2, -0.15) is 5.26 Å². The summed E-state index contributed by atoms with van der Waals surface area (Å²) in [4.78, 5) is 11.8. The van der Waals surface area contributed by atoms with Crippen molar-refractivity contribution in [3.63, 3.8) is 0 Å². The van der Waals surface area contributed by atoms with Crippen molar-refractivity contribution in [3.05, 3.63) is 53.1 Å². The monoisotopic (exact) mass is 379 g/mol. The van der Waals surface area contributed by atoms with Gasteiger partial charge >= 0.3 is 0 Å². The smallest absolute Gasteiger partial charge is 0.242 e. The first-order valence-electron chi connectivity index (χ1n) is 6.99. The Morgan fingerprint density at radius 2 is 2.00 bits per heavy atom. The number of methoxy groups -OCH3 is 1. The molecule has 7 nitrogen and oxygen atoms in total. The van der Waals surface area contributed by atoms with Crippen molar-refractivity contribution < 1.29 is 17.9 Å². The van der Waals surface area contributed by atoms with Crippen LogP contribution in [-0.2, 0) is 14.8 Å². The van der Waals surface area contributed by atoms with E-state index in [0.29, 0.717) is 16.5 Å². The van der Waals surface area contributed by atoms with E-state index in [9.17, 15) is 13.2 Å². The van der Waals surface area contributed by atoms with Gasteiger partial charge in [0.2, 0.25) is 15.9 Å². The van der Waals surface area contributed by atoms with Gasteiger partial charge in [0.05, 0.1) is 29.1 Å². The Morgan fingerprint density at radius 3 is 2.64 bits per heavy atom. The fraction of sp³-hybridized carbons (Fsp3) is 0.125. The molecule has 0 fully saturated rings. The summed E-state index contributed by atoms with van der Waals surface area (Å²) in [7, 11) is -2.52. The van der Waals surface area contributed by atoms with Crippen LogP contribution in [0.2, 0.25) is 5.02 Å². The van der Waals surface area contributed by atoms with Gasteiger partial charge in [-0.15, -0.1) is 0 Å². The predicted molar refractivity (Wildman–Crippen MR) is 93.0 cm³/mol. The summed E-state index contributed by atoms with van der Waals surface area (Å²) in [6.07, 6.45) is 0. The van der Waals surface area contributed by atoms with Gasteiger partial charge in [-0.05, 0) is 30.3 Å². The second-order valence-electron chi connectivity index (χ2n) is 4.83. The molecule has 0 bridgehead atoms. The lowest BCUT2D eigenvalue weighted by molar-refractivity contribution is -0.115. The number of anilines is 1. The third kappa shape index (κ3) is 4.70. The molecular formula is C16H14ClN3O4S. The SMILES string of the molecule is COc1ccc(NC(=O)CNS(=O)(=O)c2ccccc2C#N)cc1Cl. The largest absolute Gasteiger partial charge is 0.495 e. The normalized spacial score (nSPS) is 10.8. The predicted octanol–water partition coefficient (Wildman–Crippen LogP) is 2.14. The van der Waals surface area contributed by atoms with Crippen LogP contribution < -0.4 is 14.8 Å². The molecule has 0 spiro atoms. The van der Waals surface area contributed by atoms with Gasteiger partial charge in [0.15, 0.2) is 0 Å². The number of nitriles is 1. The number of amides is 1. The Morgan fingerprint density at radius 1 is 1.28 bits per heavy atom. The summed E-state index contributed by atoms with van der Waals surface area (Å²) in [6.45, 7) is -0.494. The number of rotatable bonds is 6. The summed E-state index contributed by atoms with van der Waals surface area (Å²) in [5, 5.41) is 11.8. The number of nitrogens with one attached hydrogen (secondary N) is 2. The lowest BCUT2D eigenvalue weighted by Crippen LogP contribution is -2.33. The van der Waals surface area contributed by atoms with E-state index < -0.39 is 22.5 Å². The highest BCUT2D eigenvalue weighted by Crippen LogP contribution is 2.27. The molecule has 0 aliphatic rings. The summed E-state index contributed by atoms with van der Waals surface area (Å²) < 4.78 is 31.6. The minimum absolute atomic E-state index is 0.00246. The number of sulfonamides is 1. The molecule has 130 valence electrons. The quantitative estimate of drug-likeness (QED) is 0.799. The summed E-state index contributed by atoms with van der Waals surface area (Å²) in [6, 6.07) is 12.2. The Balaban J connectivity index is 2.04. The van der Waals surface area contributed by atoms with E-state index in [0.717, 1.165) is 0 Å². The zero-order chi connectivity index (χ0) is 18.4. The maximum Gasteiger partial charge on any atom is 0.242 e. The third-order valence-corrected chi connectivity index (χ3v) is 4.91. The Labute approximate surface area is 150 Å². The summed E-state index contributed by atoms with van der Waals surface area (Å²) in [5.41, 5.74) is 0.393. The lowest BCUT2D eigenvalue weighted by atomic mass is 10.2. The molecule has 2 N–H and O–H groups in total. The standard InChI is InChI=1S/C16H14ClN3O4S/c1-24-14-7-6-12(8-13(14)17)20-16(21)10-19-25(22,23)15-5-3-2-4-11(15)9-18/h2-8,19H,10H2,1H3,(H,20,21). The van der Waals surface area contributed by atoms with Crippen molar-refractivity contribution in [1.29, 1.82) is 5.26 Å². The number of hydrogen-bond donors (Lipinski definition) is 2. The fourth-order valence-electron chi connectivity index (χ4n) is 1.98. The number of carbonyl (C=O) groups excluding carboxylic acids is 1. The minimum atomic E-state index is -3.99. The van der Waals surface area contributed by atoms with E-state index in [1.165, 1.54) is 31.4 Å². The molecule has 2 aromatic carbocycles. The number of nitrogens with zero attached hydrogens (tertiary/aromatic N) is 1. The van der Waals surface area contributed by atoms with Crippen LogP contribution in [0.1, 0.15) is 5.56 Å². The lowest BCUT2D eigenvalue weighted by Gasteiger charge is -2.10. The van der Waals surface area contributed by atoms with E-state index in [1.807, 2.05) is 0 Å². The van der Waals surface area contributed by atoms with E-state index in [1.54, 1.807) is 24.3 Å². The van der Waals surface area contributed by atoms with Gasteiger partial charge in [0.25, 0.3) is 0 Å². The first-order valence-corrected chi connectivity index (χ1v) is 8.85. The molecule has 0 saturated heterocycles. The number of ether oxygens (including phenoxy) is 1. The molecule has 0 heterocycles. The van der Waals surface area contributed by atoms with Crippen LogP contribution in [0.5, 0.6) is 5.75 Å². The number of carbonyl (C=O) groups is 1. The van der Waals surface area contributed by atoms with Crippen molar-refractivity contribution in [1.82, 2.24) is 4.72 Å². The van der Waals surface area contributed by atoms with E-state index in [2.05, 4.69) is 10.0 Å². The maximum absolute atomic E-state index is 12.2. The van der Waals surface area contributed by atoms with E-state index in [-0.39, 0.29) is 10.5 Å². The minimum Gasteiger partial charge on any atom is -0.495 e. The molecule has 0 saturated carbocycles. The first-order chi connectivity index (χ1) is 11.9. The molecule has 9 heteroatoms. The highest BCUT2D eigenvalue weighted by molar-refractivity contribution is 7.89. The van der Waals surface area contributed by atoms with Crippen LogP contribution in [0.4, 0.5) is 5.69 Å². The molecule has 0 atom stereocenters. The highest BCUT2D eigenvalue weighted by Gasteiger charge is 2.19. The fourth-order valence-corrected chi connectivity index (χ4v) is 3.38. The topological polar surface area (TPSA) is 108 Å². The molecule has 25 heavy (non-hydrogen) atoms. The van der Waals surface area contributed by atoms with Crippen molar-refractivity contribution in [3.8, 4) is 11.8 Å². The molecule has 2 rings (SSSR count). The van der Waals surface area contributed by atoms with E-state index in [4.69, 9.17) is 21.6 Å². The van der Waals surface area contributed by atoms with Gasteiger partial charge in [0, 0.05) is 5.69 Å². The summed E-state index contributed by atoms with van der Waals surface area (Å²) in [5.74, 6) is -0.132. The zero-order valence-corrected chi connectivity index (χ0v) is 14.7.